The van der Waals surface area contributed by atoms with Crippen molar-refractivity contribution >= 4 is 22.1 Å². The number of fused-ring (bicyclic) bond motifs is 2. The number of hydrogen-bond donors (Lipinski definition) is 3. The lowest BCUT2D eigenvalue weighted by molar-refractivity contribution is 0.636. The molecular formula is C26H20FN7. The Bertz CT molecular complexity index is 1570. The van der Waals surface area contributed by atoms with Crippen molar-refractivity contribution in [1.29, 1.82) is 0 Å². The third-order valence-electron chi connectivity index (χ3n) is 5.74. The van der Waals surface area contributed by atoms with E-state index < -0.39 is 5.82 Å². The van der Waals surface area contributed by atoms with Gasteiger partial charge in [-0.3, -0.25) is 10.1 Å². The molecule has 0 saturated carbocycles. The van der Waals surface area contributed by atoms with Crippen LogP contribution in [-0.4, -0.2) is 30.1 Å². The standard InChI is InChI=1S/C26H20FN7/c27-21-11-18(19-9-17(14-29-15-19)13-28-12-16-5-2-1-3-6-16)10-20-23(21)33-34-24(20)26-31-22-7-4-8-30-25(22)32-26/h1-11,14-15,28H,12-13H2,(H,33,34)(H,30,31,32). The van der Waals surface area contributed by atoms with Gasteiger partial charge in [0.1, 0.15) is 11.2 Å². The predicted molar refractivity (Wildman–Crippen MR) is 129 cm³/mol. The highest BCUT2D eigenvalue weighted by Gasteiger charge is 2.17. The van der Waals surface area contributed by atoms with E-state index in [-0.39, 0.29) is 5.52 Å². The Labute approximate surface area is 194 Å². The quantitative estimate of drug-likeness (QED) is 0.333. The van der Waals surface area contributed by atoms with Crippen molar-refractivity contribution in [2.75, 3.05) is 0 Å². The molecular weight excluding hydrogens is 429 g/mol. The zero-order valence-corrected chi connectivity index (χ0v) is 18.1. The van der Waals surface area contributed by atoms with Gasteiger partial charge in [0.25, 0.3) is 0 Å². The van der Waals surface area contributed by atoms with Gasteiger partial charge in [0.05, 0.1) is 5.52 Å². The van der Waals surface area contributed by atoms with Crippen LogP contribution in [0.3, 0.4) is 0 Å². The van der Waals surface area contributed by atoms with Gasteiger partial charge in [0.15, 0.2) is 17.3 Å². The molecule has 0 atom stereocenters. The number of aromatic amines is 2. The topological polar surface area (TPSA) is 95.2 Å². The second-order valence-corrected chi connectivity index (χ2v) is 8.08. The maximum absolute atomic E-state index is 15.0. The third kappa shape index (κ3) is 3.80. The Hall–Kier alpha value is -4.43. The minimum Gasteiger partial charge on any atom is -0.335 e. The molecule has 0 spiro atoms. The minimum absolute atomic E-state index is 0.265. The van der Waals surface area contributed by atoms with Crippen LogP contribution in [0.4, 0.5) is 4.39 Å². The molecule has 0 fully saturated rings. The first kappa shape index (κ1) is 20.2. The number of rotatable bonds is 6. The van der Waals surface area contributed by atoms with Gasteiger partial charge in [-0.2, -0.15) is 5.10 Å². The Balaban J connectivity index is 1.32. The smallest absolute Gasteiger partial charge is 0.178 e. The lowest BCUT2D eigenvalue weighted by atomic mass is 10.0. The number of halogens is 1. The zero-order valence-electron chi connectivity index (χ0n) is 18.1. The van der Waals surface area contributed by atoms with E-state index in [1.165, 1.54) is 11.6 Å². The maximum atomic E-state index is 15.0. The lowest BCUT2D eigenvalue weighted by Gasteiger charge is -2.08. The maximum Gasteiger partial charge on any atom is 0.178 e. The molecule has 3 N–H and O–H groups in total. The van der Waals surface area contributed by atoms with Crippen molar-refractivity contribution in [2.45, 2.75) is 13.1 Å². The van der Waals surface area contributed by atoms with Gasteiger partial charge < -0.3 is 10.3 Å². The van der Waals surface area contributed by atoms with E-state index in [0.29, 0.717) is 29.1 Å². The lowest BCUT2D eigenvalue weighted by Crippen LogP contribution is -2.12. The summed E-state index contributed by atoms with van der Waals surface area (Å²) in [5.74, 6) is 0.154. The predicted octanol–water partition coefficient (Wildman–Crippen LogP) is 4.99. The van der Waals surface area contributed by atoms with Crippen molar-refractivity contribution in [2.24, 2.45) is 0 Å². The summed E-state index contributed by atoms with van der Waals surface area (Å²) in [5.41, 5.74) is 6.06. The highest BCUT2D eigenvalue weighted by molar-refractivity contribution is 5.95. The van der Waals surface area contributed by atoms with E-state index in [4.69, 9.17) is 0 Å². The number of imidazole rings is 1. The number of nitrogens with one attached hydrogen (secondary N) is 3. The summed E-state index contributed by atoms with van der Waals surface area (Å²) in [7, 11) is 0. The highest BCUT2D eigenvalue weighted by Crippen LogP contribution is 2.32. The summed E-state index contributed by atoms with van der Waals surface area (Å²) < 4.78 is 15.0. The minimum atomic E-state index is -0.406. The van der Waals surface area contributed by atoms with Crippen LogP contribution in [0.25, 0.3) is 44.7 Å². The summed E-state index contributed by atoms with van der Waals surface area (Å²) in [6, 6.07) is 19.4. The molecule has 8 heteroatoms. The summed E-state index contributed by atoms with van der Waals surface area (Å²) >= 11 is 0. The highest BCUT2D eigenvalue weighted by atomic mass is 19.1. The van der Waals surface area contributed by atoms with Crippen LogP contribution < -0.4 is 5.32 Å². The Morgan fingerprint density at radius 2 is 1.76 bits per heavy atom. The molecule has 166 valence electrons. The number of nitrogens with zero attached hydrogens (tertiary/aromatic N) is 4. The van der Waals surface area contributed by atoms with Crippen molar-refractivity contribution in [3.05, 3.63) is 96.2 Å². The number of benzene rings is 2. The molecule has 4 aromatic heterocycles. The molecule has 0 bridgehead atoms. The first-order valence-electron chi connectivity index (χ1n) is 10.9. The largest absolute Gasteiger partial charge is 0.335 e. The zero-order chi connectivity index (χ0) is 22.9. The molecule has 0 aliphatic rings. The molecule has 0 aliphatic heterocycles. The molecule has 0 saturated heterocycles. The summed E-state index contributed by atoms with van der Waals surface area (Å²) in [6.45, 7) is 1.42. The number of hydrogen-bond acceptors (Lipinski definition) is 5. The molecule has 0 radical (unpaired) electrons. The fourth-order valence-corrected chi connectivity index (χ4v) is 4.08. The van der Waals surface area contributed by atoms with E-state index in [9.17, 15) is 4.39 Å². The van der Waals surface area contributed by atoms with Gasteiger partial charge in [-0.05, 0) is 47.0 Å². The van der Waals surface area contributed by atoms with Crippen LogP contribution >= 0.6 is 0 Å². The first-order chi connectivity index (χ1) is 16.7. The average molecular weight is 449 g/mol. The number of H-pyrrole nitrogens is 2. The Morgan fingerprint density at radius 3 is 2.65 bits per heavy atom. The van der Waals surface area contributed by atoms with Crippen LogP contribution in [0.15, 0.2) is 79.3 Å². The molecule has 7 nitrogen and oxygen atoms in total. The summed E-state index contributed by atoms with van der Waals surface area (Å²) in [4.78, 5) is 16.4. The summed E-state index contributed by atoms with van der Waals surface area (Å²) in [5, 5.41) is 11.2. The Kier molecular flexibility index (Phi) is 5.04. The van der Waals surface area contributed by atoms with E-state index in [1.807, 2.05) is 48.7 Å². The van der Waals surface area contributed by atoms with Crippen molar-refractivity contribution in [1.82, 2.24) is 35.5 Å². The Morgan fingerprint density at radius 1 is 0.882 bits per heavy atom. The van der Waals surface area contributed by atoms with Gasteiger partial charge in [-0.1, -0.05) is 30.3 Å². The molecule has 2 aromatic carbocycles. The van der Waals surface area contributed by atoms with Gasteiger partial charge in [0.2, 0.25) is 0 Å². The van der Waals surface area contributed by atoms with E-state index >= 15 is 0 Å². The van der Waals surface area contributed by atoms with Crippen LogP contribution in [-0.2, 0) is 13.1 Å². The van der Waals surface area contributed by atoms with E-state index in [0.717, 1.165) is 28.8 Å². The second kappa shape index (κ2) is 8.49. The fraction of sp³-hybridized carbons (Fsp3) is 0.0769. The molecule has 6 rings (SSSR count). The molecule has 4 heterocycles. The third-order valence-corrected chi connectivity index (χ3v) is 5.74. The van der Waals surface area contributed by atoms with E-state index in [2.05, 4.69) is 47.6 Å². The number of pyridine rings is 2. The SMILES string of the molecule is Fc1cc(-c2cncc(CNCc3ccccc3)c2)cc2c(-c3nc4ncccc4[nH]3)[nH]nc12. The summed E-state index contributed by atoms with van der Waals surface area (Å²) in [6.07, 6.45) is 5.25. The second-order valence-electron chi connectivity index (χ2n) is 8.08. The van der Waals surface area contributed by atoms with Gasteiger partial charge in [0, 0.05) is 42.6 Å². The van der Waals surface area contributed by atoms with Gasteiger partial charge >= 0.3 is 0 Å². The van der Waals surface area contributed by atoms with Crippen molar-refractivity contribution < 1.29 is 4.39 Å². The van der Waals surface area contributed by atoms with Gasteiger partial charge in [-0.25, -0.2) is 14.4 Å². The van der Waals surface area contributed by atoms with Gasteiger partial charge in [-0.15, -0.1) is 0 Å². The van der Waals surface area contributed by atoms with Crippen molar-refractivity contribution in [3.63, 3.8) is 0 Å². The van der Waals surface area contributed by atoms with Crippen LogP contribution in [0.2, 0.25) is 0 Å². The normalized spacial score (nSPS) is 11.4. The molecule has 0 aliphatic carbocycles. The first-order valence-corrected chi connectivity index (χ1v) is 10.9. The van der Waals surface area contributed by atoms with E-state index in [1.54, 1.807) is 12.4 Å². The number of aromatic nitrogens is 6. The average Bonchev–Trinajstić information content (AvgIpc) is 3.49. The van der Waals surface area contributed by atoms with Crippen LogP contribution in [0, 0.1) is 5.82 Å². The fourth-order valence-electron chi connectivity index (χ4n) is 4.08. The van der Waals surface area contributed by atoms with Crippen molar-refractivity contribution in [3.8, 4) is 22.6 Å². The molecule has 0 amide bonds. The molecule has 0 unspecified atom stereocenters. The molecule has 34 heavy (non-hydrogen) atoms. The van der Waals surface area contributed by atoms with Crippen LogP contribution in [0.5, 0.6) is 0 Å². The van der Waals surface area contributed by atoms with Crippen LogP contribution in [0.1, 0.15) is 11.1 Å². The monoisotopic (exact) mass is 449 g/mol. The molecule has 6 aromatic rings.